The van der Waals surface area contributed by atoms with Gasteiger partial charge in [0.15, 0.2) is 23.1 Å². The fraction of sp³-hybridized carbons (Fsp3) is 0. The highest BCUT2D eigenvalue weighted by atomic mass is 16.3. The SMILES string of the molecule is c1ccc(-c2nc3cccc(-c4nc(-c5cccc(-c6cccc7c6oc6ccccc67)c5)nc(-c5cccc(-n6c7ccccc7c7ccccc76)c5)n4)c3o2)cc1. The van der Waals surface area contributed by atoms with Gasteiger partial charge in [-0.05, 0) is 66.2 Å². The van der Waals surface area contributed by atoms with Crippen LogP contribution in [-0.2, 0) is 0 Å². The molecule has 12 rings (SSSR count). The molecule has 4 heterocycles. The lowest BCUT2D eigenvalue weighted by molar-refractivity contribution is 0.620. The van der Waals surface area contributed by atoms with Crippen LogP contribution < -0.4 is 0 Å². The normalized spacial score (nSPS) is 11.7. The van der Waals surface area contributed by atoms with Gasteiger partial charge in [-0.3, -0.25) is 0 Å². The molecule has 59 heavy (non-hydrogen) atoms. The lowest BCUT2D eigenvalue weighted by Gasteiger charge is -2.12. The summed E-state index contributed by atoms with van der Waals surface area (Å²) in [4.78, 5) is 20.4. The highest BCUT2D eigenvalue weighted by Crippen LogP contribution is 2.38. The van der Waals surface area contributed by atoms with Gasteiger partial charge in [-0.25, -0.2) is 19.9 Å². The predicted molar refractivity (Wildman–Crippen MR) is 236 cm³/mol. The number of furan rings is 1. The Bertz CT molecular complexity index is 3530. The number of hydrogen-bond donors (Lipinski definition) is 0. The molecule has 7 nitrogen and oxygen atoms in total. The third kappa shape index (κ3) is 5.44. The molecule has 0 saturated carbocycles. The van der Waals surface area contributed by atoms with Crippen molar-refractivity contribution < 1.29 is 8.83 Å². The second-order valence-electron chi connectivity index (χ2n) is 14.6. The van der Waals surface area contributed by atoms with E-state index >= 15 is 0 Å². The number of oxazole rings is 1. The molecule has 0 spiro atoms. The zero-order valence-electron chi connectivity index (χ0n) is 31.5. The standard InChI is InChI=1S/C52H31N5O2/c1-2-14-32(15-3-1)52-53-43-26-13-25-42(48(43)59-52)51-55-49(34-17-10-16-33(30-34)37-23-12-24-41-40-22-6-9-29-46(40)58-47(37)41)54-50(56-51)35-18-11-19-36(31-35)57-44-27-7-4-20-38(44)39-21-5-8-28-45(39)57/h1-31H. The summed E-state index contributed by atoms with van der Waals surface area (Å²) in [5.41, 5.74) is 11.6. The van der Waals surface area contributed by atoms with E-state index in [1.165, 1.54) is 10.8 Å². The summed E-state index contributed by atoms with van der Waals surface area (Å²) in [6.45, 7) is 0. The molecule has 0 saturated heterocycles. The van der Waals surface area contributed by atoms with Crippen molar-refractivity contribution in [2.45, 2.75) is 0 Å². The van der Waals surface area contributed by atoms with E-state index in [4.69, 9.17) is 28.8 Å². The second-order valence-corrected chi connectivity index (χ2v) is 14.6. The molecule has 0 unspecified atom stereocenters. The first-order valence-electron chi connectivity index (χ1n) is 19.5. The van der Waals surface area contributed by atoms with Gasteiger partial charge in [-0.2, -0.15) is 0 Å². The van der Waals surface area contributed by atoms with Gasteiger partial charge in [0, 0.05) is 49.5 Å². The number of aromatic nitrogens is 5. The van der Waals surface area contributed by atoms with Gasteiger partial charge in [-0.1, -0.05) is 127 Å². The van der Waals surface area contributed by atoms with Crippen molar-refractivity contribution in [3.8, 4) is 62.4 Å². The van der Waals surface area contributed by atoms with E-state index in [1.54, 1.807) is 0 Å². The van der Waals surface area contributed by atoms with Gasteiger partial charge >= 0.3 is 0 Å². The molecule has 4 aromatic heterocycles. The molecule has 8 aromatic carbocycles. The molecule has 12 aromatic rings. The molecule has 0 atom stereocenters. The number of hydrogen-bond acceptors (Lipinski definition) is 6. The van der Waals surface area contributed by atoms with Crippen LogP contribution in [0.25, 0.3) is 117 Å². The fourth-order valence-corrected chi connectivity index (χ4v) is 8.37. The summed E-state index contributed by atoms with van der Waals surface area (Å²) in [6, 6.07) is 64.0. The van der Waals surface area contributed by atoms with Gasteiger partial charge in [0.2, 0.25) is 5.89 Å². The topological polar surface area (TPSA) is 82.8 Å². The van der Waals surface area contributed by atoms with E-state index in [1.807, 2.05) is 78.9 Å². The van der Waals surface area contributed by atoms with Crippen LogP contribution in [0, 0.1) is 0 Å². The Balaban J connectivity index is 1.05. The van der Waals surface area contributed by atoms with Crippen molar-refractivity contribution in [3.05, 3.63) is 188 Å². The number of nitrogens with zero attached hydrogens (tertiary/aromatic N) is 5. The maximum atomic E-state index is 6.50. The van der Waals surface area contributed by atoms with Crippen LogP contribution in [0.15, 0.2) is 197 Å². The van der Waals surface area contributed by atoms with Gasteiger partial charge < -0.3 is 13.4 Å². The third-order valence-corrected chi connectivity index (χ3v) is 11.1. The van der Waals surface area contributed by atoms with Crippen molar-refractivity contribution in [1.82, 2.24) is 24.5 Å². The number of benzene rings is 8. The van der Waals surface area contributed by atoms with Crippen molar-refractivity contribution >= 4 is 54.8 Å². The van der Waals surface area contributed by atoms with Crippen LogP contribution in [-0.4, -0.2) is 24.5 Å². The van der Waals surface area contributed by atoms with Gasteiger partial charge in [0.05, 0.1) is 16.6 Å². The smallest absolute Gasteiger partial charge is 0.227 e. The average Bonchev–Trinajstić information content (AvgIpc) is 4.02. The van der Waals surface area contributed by atoms with E-state index < -0.39 is 0 Å². The molecule has 7 heteroatoms. The molecular weight excluding hydrogens is 727 g/mol. The lowest BCUT2D eigenvalue weighted by Crippen LogP contribution is -2.01. The summed E-state index contributed by atoms with van der Waals surface area (Å²) in [6.07, 6.45) is 0. The molecule has 0 aliphatic heterocycles. The minimum absolute atomic E-state index is 0.485. The average molecular weight is 758 g/mol. The second kappa shape index (κ2) is 13.2. The summed E-state index contributed by atoms with van der Waals surface area (Å²) >= 11 is 0. The molecule has 0 N–H and O–H groups in total. The van der Waals surface area contributed by atoms with E-state index in [0.29, 0.717) is 28.9 Å². The zero-order valence-corrected chi connectivity index (χ0v) is 31.5. The van der Waals surface area contributed by atoms with E-state index in [9.17, 15) is 0 Å². The van der Waals surface area contributed by atoms with Crippen molar-refractivity contribution in [2.24, 2.45) is 0 Å². The Morgan fingerprint density at radius 1 is 0.356 bits per heavy atom. The van der Waals surface area contributed by atoms with Crippen LogP contribution in [0.5, 0.6) is 0 Å². The maximum absolute atomic E-state index is 6.50. The Morgan fingerprint density at radius 3 is 1.73 bits per heavy atom. The van der Waals surface area contributed by atoms with Gasteiger partial charge in [0.1, 0.15) is 16.7 Å². The molecule has 0 bridgehead atoms. The van der Waals surface area contributed by atoms with E-state index in [0.717, 1.165) is 77.6 Å². The van der Waals surface area contributed by atoms with E-state index in [-0.39, 0.29) is 0 Å². The number of para-hydroxylation sites is 5. The van der Waals surface area contributed by atoms with Crippen LogP contribution in [0.4, 0.5) is 0 Å². The van der Waals surface area contributed by atoms with Gasteiger partial charge in [0.25, 0.3) is 0 Å². The predicted octanol–water partition coefficient (Wildman–Crippen LogP) is 13.3. The van der Waals surface area contributed by atoms with Crippen LogP contribution in [0.1, 0.15) is 0 Å². The highest BCUT2D eigenvalue weighted by Gasteiger charge is 2.20. The summed E-state index contributed by atoms with van der Waals surface area (Å²) < 4.78 is 15.3. The molecule has 0 amide bonds. The van der Waals surface area contributed by atoms with Crippen LogP contribution in [0.2, 0.25) is 0 Å². The third-order valence-electron chi connectivity index (χ3n) is 11.1. The number of rotatable bonds is 6. The molecular formula is C52H31N5O2. The van der Waals surface area contributed by atoms with Crippen molar-refractivity contribution in [3.63, 3.8) is 0 Å². The fourth-order valence-electron chi connectivity index (χ4n) is 8.37. The van der Waals surface area contributed by atoms with E-state index in [2.05, 4.69) is 114 Å². The molecule has 0 fully saturated rings. The summed E-state index contributed by atoms with van der Waals surface area (Å²) in [5, 5.41) is 4.57. The Kier molecular flexibility index (Phi) is 7.40. The Morgan fingerprint density at radius 2 is 0.932 bits per heavy atom. The van der Waals surface area contributed by atoms with Crippen molar-refractivity contribution in [2.75, 3.05) is 0 Å². The first-order chi connectivity index (χ1) is 29.2. The lowest BCUT2D eigenvalue weighted by atomic mass is 10.00. The molecule has 0 aliphatic rings. The van der Waals surface area contributed by atoms with Crippen LogP contribution in [0.3, 0.4) is 0 Å². The highest BCUT2D eigenvalue weighted by molar-refractivity contribution is 6.10. The first kappa shape index (κ1) is 33.0. The Labute approximate surface area is 337 Å². The largest absolute Gasteiger partial charge is 0.455 e. The molecule has 276 valence electrons. The first-order valence-corrected chi connectivity index (χ1v) is 19.5. The molecule has 0 radical (unpaired) electrons. The van der Waals surface area contributed by atoms with Crippen LogP contribution >= 0.6 is 0 Å². The minimum Gasteiger partial charge on any atom is -0.455 e. The van der Waals surface area contributed by atoms with Gasteiger partial charge in [-0.15, -0.1) is 0 Å². The number of fused-ring (bicyclic) bond motifs is 7. The Hall–Kier alpha value is -8.16. The summed E-state index contributed by atoms with van der Waals surface area (Å²) in [7, 11) is 0. The minimum atomic E-state index is 0.485. The monoisotopic (exact) mass is 757 g/mol. The molecule has 0 aliphatic carbocycles. The van der Waals surface area contributed by atoms with Crippen molar-refractivity contribution in [1.29, 1.82) is 0 Å². The maximum Gasteiger partial charge on any atom is 0.227 e. The quantitative estimate of drug-likeness (QED) is 0.168. The zero-order chi connectivity index (χ0) is 38.9. The summed E-state index contributed by atoms with van der Waals surface area (Å²) in [5.74, 6) is 2.09.